The minimum atomic E-state index is -0.813. The van der Waals surface area contributed by atoms with Gasteiger partial charge in [-0.25, -0.2) is 0 Å². The first-order chi connectivity index (χ1) is 8.61. The van der Waals surface area contributed by atoms with Gasteiger partial charge in [-0.2, -0.15) is 0 Å². The van der Waals surface area contributed by atoms with Crippen molar-refractivity contribution in [2.75, 3.05) is 11.9 Å². The molecule has 0 aliphatic heterocycles. The van der Waals surface area contributed by atoms with E-state index >= 15 is 0 Å². The number of aryl methyl sites for hydroxylation is 1. The molecule has 0 atom stereocenters. The van der Waals surface area contributed by atoms with Gasteiger partial charge in [0, 0.05) is 18.7 Å². The Morgan fingerprint density at radius 2 is 2.06 bits per heavy atom. The second-order valence-electron chi connectivity index (χ2n) is 3.94. The number of nitrogens with two attached hydrogens (primary N) is 1. The first kappa shape index (κ1) is 14.0. The quantitative estimate of drug-likeness (QED) is 0.408. The molecule has 1 rings (SSSR count). The summed E-state index contributed by atoms with van der Waals surface area (Å²) in [6.07, 6.45) is 1.60. The minimum Gasteiger partial charge on any atom is -0.481 e. The van der Waals surface area contributed by atoms with Crippen LogP contribution in [0.2, 0.25) is 0 Å². The molecule has 0 heterocycles. The number of nitrogens with zero attached hydrogens (tertiary/aromatic N) is 1. The average molecular weight is 249 g/mol. The highest BCUT2D eigenvalue weighted by Crippen LogP contribution is 2.09. The maximum atomic E-state index is 10.3. The monoisotopic (exact) mass is 249 g/mol. The molecule has 0 spiro atoms. The number of carboxylic acids is 1. The first-order valence-electron chi connectivity index (χ1n) is 5.99. The van der Waals surface area contributed by atoms with Gasteiger partial charge in [0.15, 0.2) is 5.96 Å². The van der Waals surface area contributed by atoms with E-state index in [-0.39, 0.29) is 6.42 Å². The maximum absolute atomic E-state index is 10.3. The number of benzene rings is 1. The third-order valence-corrected chi connectivity index (χ3v) is 2.47. The van der Waals surface area contributed by atoms with E-state index in [2.05, 4.69) is 17.2 Å². The van der Waals surface area contributed by atoms with Gasteiger partial charge in [-0.1, -0.05) is 19.1 Å². The van der Waals surface area contributed by atoms with Crippen molar-refractivity contribution < 1.29 is 9.90 Å². The molecule has 98 valence electrons. The van der Waals surface area contributed by atoms with Crippen LogP contribution in [0.15, 0.2) is 29.3 Å². The average Bonchev–Trinajstić information content (AvgIpc) is 2.35. The summed E-state index contributed by atoms with van der Waals surface area (Å²) in [5.74, 6) is -0.503. The molecule has 1 aromatic rings. The van der Waals surface area contributed by atoms with Gasteiger partial charge in [0.05, 0.1) is 0 Å². The van der Waals surface area contributed by atoms with Gasteiger partial charge in [-0.15, -0.1) is 0 Å². The Hall–Kier alpha value is -2.04. The molecule has 18 heavy (non-hydrogen) atoms. The SMILES string of the molecule is CCc1ccc(NC(N)=NCCCC(=O)O)cc1. The predicted octanol–water partition coefficient (Wildman–Crippen LogP) is 1.84. The van der Waals surface area contributed by atoms with E-state index in [1.54, 1.807) is 0 Å². The number of guanidine groups is 1. The van der Waals surface area contributed by atoms with Crippen molar-refractivity contribution >= 4 is 17.6 Å². The second kappa shape index (κ2) is 7.32. The lowest BCUT2D eigenvalue weighted by Crippen LogP contribution is -2.22. The zero-order valence-electron chi connectivity index (χ0n) is 10.5. The summed E-state index contributed by atoms with van der Waals surface area (Å²) in [5, 5.41) is 11.4. The van der Waals surface area contributed by atoms with Gasteiger partial charge in [-0.3, -0.25) is 9.79 Å². The number of anilines is 1. The third-order valence-electron chi connectivity index (χ3n) is 2.47. The van der Waals surface area contributed by atoms with Gasteiger partial charge >= 0.3 is 5.97 Å². The van der Waals surface area contributed by atoms with E-state index in [0.717, 1.165) is 12.1 Å². The molecule has 0 aliphatic carbocycles. The highest BCUT2D eigenvalue weighted by molar-refractivity contribution is 5.92. The molecule has 5 nitrogen and oxygen atoms in total. The molecular formula is C13H19N3O2. The number of hydrogen-bond donors (Lipinski definition) is 3. The van der Waals surface area contributed by atoms with Crippen molar-refractivity contribution in [1.82, 2.24) is 0 Å². The molecule has 0 unspecified atom stereocenters. The number of carboxylic acid groups (broad SMARTS) is 1. The topological polar surface area (TPSA) is 87.7 Å². The van der Waals surface area contributed by atoms with Gasteiger partial charge in [-0.05, 0) is 30.5 Å². The molecule has 0 aliphatic rings. The Morgan fingerprint density at radius 1 is 1.39 bits per heavy atom. The van der Waals surface area contributed by atoms with Crippen molar-refractivity contribution in [3.05, 3.63) is 29.8 Å². The van der Waals surface area contributed by atoms with E-state index in [1.807, 2.05) is 24.3 Å². The molecule has 0 amide bonds. The first-order valence-corrected chi connectivity index (χ1v) is 5.99. The Labute approximate surface area is 107 Å². The van der Waals surface area contributed by atoms with Crippen LogP contribution in [0.4, 0.5) is 5.69 Å². The van der Waals surface area contributed by atoms with Crippen LogP contribution < -0.4 is 11.1 Å². The number of aliphatic imine (C=N–C) groups is 1. The summed E-state index contributed by atoms with van der Waals surface area (Å²) in [6, 6.07) is 7.94. The second-order valence-corrected chi connectivity index (χ2v) is 3.94. The fourth-order valence-electron chi connectivity index (χ4n) is 1.44. The molecule has 0 bridgehead atoms. The number of aliphatic carboxylic acids is 1. The Morgan fingerprint density at radius 3 is 2.61 bits per heavy atom. The summed E-state index contributed by atoms with van der Waals surface area (Å²) >= 11 is 0. The standard InChI is InChI=1S/C13H19N3O2/c1-2-10-5-7-11(8-6-10)16-13(14)15-9-3-4-12(17)18/h5-8H,2-4,9H2,1H3,(H,17,18)(H3,14,15,16). The van der Waals surface area contributed by atoms with E-state index in [0.29, 0.717) is 18.9 Å². The van der Waals surface area contributed by atoms with Gasteiger partial charge in [0.25, 0.3) is 0 Å². The third kappa shape index (κ3) is 5.34. The van der Waals surface area contributed by atoms with Gasteiger partial charge in [0.1, 0.15) is 0 Å². The van der Waals surface area contributed by atoms with Crippen molar-refractivity contribution in [3.63, 3.8) is 0 Å². The Kier molecular flexibility index (Phi) is 5.70. The van der Waals surface area contributed by atoms with Crippen molar-refractivity contribution in [2.24, 2.45) is 10.7 Å². The number of carbonyl (C=O) groups is 1. The molecule has 0 fully saturated rings. The van der Waals surface area contributed by atoms with E-state index in [9.17, 15) is 4.79 Å². The van der Waals surface area contributed by atoms with Gasteiger partial charge < -0.3 is 16.2 Å². The summed E-state index contributed by atoms with van der Waals surface area (Å²) in [6.45, 7) is 2.51. The number of nitrogens with one attached hydrogen (secondary N) is 1. The summed E-state index contributed by atoms with van der Waals surface area (Å²) in [5.41, 5.74) is 7.83. The van der Waals surface area contributed by atoms with E-state index in [1.165, 1.54) is 5.56 Å². The van der Waals surface area contributed by atoms with Crippen LogP contribution in [0.5, 0.6) is 0 Å². The highest BCUT2D eigenvalue weighted by atomic mass is 16.4. The molecule has 0 aromatic heterocycles. The Bertz CT molecular complexity index is 413. The molecule has 5 heteroatoms. The minimum absolute atomic E-state index is 0.113. The van der Waals surface area contributed by atoms with Crippen molar-refractivity contribution in [3.8, 4) is 0 Å². The molecule has 1 aromatic carbocycles. The molecule has 0 saturated heterocycles. The number of rotatable bonds is 6. The zero-order chi connectivity index (χ0) is 13.4. The summed E-state index contributed by atoms with van der Waals surface area (Å²) in [7, 11) is 0. The largest absolute Gasteiger partial charge is 0.481 e. The fourth-order valence-corrected chi connectivity index (χ4v) is 1.44. The van der Waals surface area contributed by atoms with Gasteiger partial charge in [0.2, 0.25) is 0 Å². The smallest absolute Gasteiger partial charge is 0.303 e. The fraction of sp³-hybridized carbons (Fsp3) is 0.385. The lowest BCUT2D eigenvalue weighted by Gasteiger charge is -2.06. The zero-order valence-corrected chi connectivity index (χ0v) is 10.5. The van der Waals surface area contributed by atoms with Crippen molar-refractivity contribution in [2.45, 2.75) is 26.2 Å². The predicted molar refractivity (Wildman–Crippen MR) is 72.8 cm³/mol. The normalized spacial score (nSPS) is 11.3. The van der Waals surface area contributed by atoms with Crippen molar-refractivity contribution in [1.29, 1.82) is 0 Å². The van der Waals surface area contributed by atoms with Crippen LogP contribution >= 0.6 is 0 Å². The summed E-state index contributed by atoms with van der Waals surface area (Å²) in [4.78, 5) is 14.4. The molecule has 4 N–H and O–H groups in total. The molecular weight excluding hydrogens is 230 g/mol. The van der Waals surface area contributed by atoms with Crippen LogP contribution in [0, 0.1) is 0 Å². The highest BCUT2D eigenvalue weighted by Gasteiger charge is 1.97. The number of hydrogen-bond acceptors (Lipinski definition) is 2. The molecule has 0 saturated carbocycles. The van der Waals surface area contributed by atoms with Crippen LogP contribution in [-0.4, -0.2) is 23.6 Å². The lowest BCUT2D eigenvalue weighted by molar-refractivity contribution is -0.137. The van der Waals surface area contributed by atoms with E-state index < -0.39 is 5.97 Å². The van der Waals surface area contributed by atoms with Crippen LogP contribution in [0.3, 0.4) is 0 Å². The summed E-state index contributed by atoms with van der Waals surface area (Å²) < 4.78 is 0. The lowest BCUT2D eigenvalue weighted by atomic mass is 10.1. The molecule has 0 radical (unpaired) electrons. The Balaban J connectivity index is 2.40. The van der Waals surface area contributed by atoms with Crippen LogP contribution in [0.25, 0.3) is 0 Å². The van der Waals surface area contributed by atoms with Crippen LogP contribution in [0.1, 0.15) is 25.3 Å². The maximum Gasteiger partial charge on any atom is 0.303 e. The van der Waals surface area contributed by atoms with E-state index in [4.69, 9.17) is 10.8 Å². The van der Waals surface area contributed by atoms with Crippen LogP contribution in [-0.2, 0) is 11.2 Å².